The predicted molar refractivity (Wildman–Crippen MR) is 75.1 cm³/mol. The zero-order valence-corrected chi connectivity index (χ0v) is 12.1. The van der Waals surface area contributed by atoms with E-state index < -0.39 is 0 Å². The highest BCUT2D eigenvalue weighted by Gasteiger charge is 2.18. The van der Waals surface area contributed by atoms with E-state index in [4.69, 9.17) is 21.1 Å². The van der Waals surface area contributed by atoms with Gasteiger partial charge in [0.1, 0.15) is 0 Å². The molecule has 0 aliphatic carbocycles. The van der Waals surface area contributed by atoms with Gasteiger partial charge in [-0.2, -0.15) is 0 Å². The van der Waals surface area contributed by atoms with E-state index in [2.05, 4.69) is 15.9 Å². The highest BCUT2D eigenvalue weighted by atomic mass is 79.9. The zero-order chi connectivity index (χ0) is 13.4. The van der Waals surface area contributed by atoms with Crippen LogP contribution in [0.1, 0.15) is 5.56 Å². The average molecular weight is 343 g/mol. The van der Waals surface area contributed by atoms with Crippen molar-refractivity contribution in [2.24, 2.45) is 0 Å². The van der Waals surface area contributed by atoms with Crippen LogP contribution in [0.4, 0.5) is 0 Å². The topological polar surface area (TPSA) is 40.5 Å². The van der Waals surface area contributed by atoms with Crippen LogP contribution in [0.25, 0.3) is 0 Å². The number of benzene rings is 1. The number of ether oxygens (including phenoxy) is 2. The van der Waals surface area contributed by atoms with Crippen LogP contribution < -0.4 is 15.0 Å². The Morgan fingerprint density at radius 2 is 2.16 bits per heavy atom. The van der Waals surface area contributed by atoms with Crippen molar-refractivity contribution in [3.05, 3.63) is 55.9 Å². The summed E-state index contributed by atoms with van der Waals surface area (Å²) in [7, 11) is 0. The summed E-state index contributed by atoms with van der Waals surface area (Å²) >= 11 is 9.45. The van der Waals surface area contributed by atoms with Crippen molar-refractivity contribution in [1.29, 1.82) is 0 Å². The maximum absolute atomic E-state index is 11.7. The molecule has 0 spiro atoms. The van der Waals surface area contributed by atoms with Gasteiger partial charge < -0.3 is 14.0 Å². The minimum Gasteiger partial charge on any atom is -0.454 e. The first-order chi connectivity index (χ1) is 9.13. The minimum absolute atomic E-state index is 0.0722. The van der Waals surface area contributed by atoms with Gasteiger partial charge in [0.2, 0.25) is 6.79 Å². The lowest BCUT2D eigenvalue weighted by molar-refractivity contribution is 0.174. The van der Waals surface area contributed by atoms with E-state index in [0.29, 0.717) is 23.1 Å². The fourth-order valence-corrected chi connectivity index (χ4v) is 2.60. The quantitative estimate of drug-likeness (QED) is 0.842. The number of hydrogen-bond donors (Lipinski definition) is 0. The van der Waals surface area contributed by atoms with Crippen molar-refractivity contribution in [2.75, 3.05) is 6.79 Å². The highest BCUT2D eigenvalue weighted by molar-refractivity contribution is 9.10. The van der Waals surface area contributed by atoms with Gasteiger partial charge in [0, 0.05) is 16.7 Å². The molecule has 1 aliphatic rings. The van der Waals surface area contributed by atoms with Gasteiger partial charge in [0.25, 0.3) is 5.56 Å². The number of pyridine rings is 1. The van der Waals surface area contributed by atoms with Crippen LogP contribution in [0.3, 0.4) is 0 Å². The summed E-state index contributed by atoms with van der Waals surface area (Å²) in [5.74, 6) is 1.18. The molecule has 3 rings (SSSR count). The van der Waals surface area contributed by atoms with Crippen LogP contribution in [0.2, 0.25) is 5.02 Å². The fraction of sp³-hybridized carbons (Fsp3) is 0.154. The lowest BCUT2D eigenvalue weighted by Gasteiger charge is -2.08. The van der Waals surface area contributed by atoms with Crippen LogP contribution >= 0.6 is 27.5 Å². The van der Waals surface area contributed by atoms with E-state index in [0.717, 1.165) is 10.0 Å². The summed E-state index contributed by atoms with van der Waals surface area (Å²) < 4.78 is 13.0. The second-order valence-electron chi connectivity index (χ2n) is 4.12. The molecule has 0 saturated heterocycles. The Bertz CT molecular complexity index is 699. The average Bonchev–Trinajstić information content (AvgIpc) is 2.82. The molecular formula is C13H9BrClNO3. The summed E-state index contributed by atoms with van der Waals surface area (Å²) in [5.41, 5.74) is 0.812. The van der Waals surface area contributed by atoms with Gasteiger partial charge in [-0.1, -0.05) is 11.6 Å². The van der Waals surface area contributed by atoms with E-state index in [-0.39, 0.29) is 12.4 Å². The van der Waals surface area contributed by atoms with Crippen LogP contribution in [-0.2, 0) is 6.54 Å². The third-order valence-electron chi connectivity index (χ3n) is 2.79. The van der Waals surface area contributed by atoms with Gasteiger partial charge in [-0.15, -0.1) is 0 Å². The molecule has 0 bridgehead atoms. The van der Waals surface area contributed by atoms with Gasteiger partial charge in [-0.3, -0.25) is 4.79 Å². The summed E-state index contributed by atoms with van der Waals surface area (Å²) in [5, 5.41) is 0.494. The second kappa shape index (κ2) is 4.90. The molecule has 0 radical (unpaired) electrons. The lowest BCUT2D eigenvalue weighted by Crippen LogP contribution is -2.18. The van der Waals surface area contributed by atoms with E-state index in [9.17, 15) is 4.79 Å². The molecule has 2 aromatic rings. The summed E-state index contributed by atoms with van der Waals surface area (Å²) in [4.78, 5) is 11.7. The molecule has 4 nitrogen and oxygen atoms in total. The molecule has 0 N–H and O–H groups in total. The van der Waals surface area contributed by atoms with Crippen LogP contribution in [0.5, 0.6) is 11.5 Å². The number of aromatic nitrogens is 1. The Morgan fingerprint density at radius 1 is 1.32 bits per heavy atom. The first-order valence-corrected chi connectivity index (χ1v) is 6.74. The van der Waals surface area contributed by atoms with Crippen molar-refractivity contribution in [1.82, 2.24) is 4.57 Å². The number of halogens is 2. The Labute approximate surface area is 122 Å². The van der Waals surface area contributed by atoms with E-state index >= 15 is 0 Å². The third-order valence-corrected chi connectivity index (χ3v) is 3.54. The number of rotatable bonds is 2. The monoisotopic (exact) mass is 341 g/mol. The Kier molecular flexibility index (Phi) is 3.24. The molecule has 1 aromatic carbocycles. The van der Waals surface area contributed by atoms with Crippen molar-refractivity contribution >= 4 is 27.5 Å². The van der Waals surface area contributed by atoms with E-state index in [1.165, 1.54) is 6.07 Å². The maximum Gasteiger partial charge on any atom is 0.250 e. The van der Waals surface area contributed by atoms with Crippen LogP contribution in [-0.4, -0.2) is 11.4 Å². The normalized spacial score (nSPS) is 12.7. The largest absolute Gasteiger partial charge is 0.454 e. The molecule has 2 heterocycles. The van der Waals surface area contributed by atoms with E-state index in [1.807, 2.05) is 6.07 Å². The molecule has 0 atom stereocenters. The van der Waals surface area contributed by atoms with Crippen molar-refractivity contribution < 1.29 is 9.47 Å². The summed E-state index contributed by atoms with van der Waals surface area (Å²) in [6, 6.07) is 6.84. The Balaban J connectivity index is 1.98. The molecular weight excluding hydrogens is 334 g/mol. The van der Waals surface area contributed by atoms with Crippen LogP contribution in [0.15, 0.2) is 39.7 Å². The van der Waals surface area contributed by atoms with Crippen molar-refractivity contribution in [3.63, 3.8) is 0 Å². The zero-order valence-electron chi connectivity index (χ0n) is 9.73. The Morgan fingerprint density at radius 3 is 3.00 bits per heavy atom. The smallest absolute Gasteiger partial charge is 0.250 e. The van der Waals surface area contributed by atoms with Crippen LogP contribution in [0, 0.1) is 0 Å². The molecule has 1 aromatic heterocycles. The fourth-order valence-electron chi connectivity index (χ4n) is 1.93. The first kappa shape index (κ1) is 12.6. The number of fused-ring (bicyclic) bond motifs is 1. The minimum atomic E-state index is -0.0722. The molecule has 0 fully saturated rings. The number of nitrogens with zero attached hydrogens (tertiary/aromatic N) is 1. The van der Waals surface area contributed by atoms with E-state index in [1.54, 1.807) is 22.9 Å². The van der Waals surface area contributed by atoms with Gasteiger partial charge in [-0.25, -0.2) is 0 Å². The molecule has 0 amide bonds. The number of hydrogen-bond acceptors (Lipinski definition) is 3. The van der Waals surface area contributed by atoms with Crippen molar-refractivity contribution in [2.45, 2.75) is 6.54 Å². The molecule has 0 saturated carbocycles. The molecule has 98 valence electrons. The Hall–Kier alpha value is -1.46. The van der Waals surface area contributed by atoms with Gasteiger partial charge in [0.15, 0.2) is 11.5 Å². The molecule has 0 unspecified atom stereocenters. The maximum atomic E-state index is 11.7. The first-order valence-electron chi connectivity index (χ1n) is 5.57. The summed E-state index contributed by atoms with van der Waals surface area (Å²) in [6.45, 7) is 0.601. The third kappa shape index (κ3) is 2.48. The lowest BCUT2D eigenvalue weighted by atomic mass is 10.2. The summed E-state index contributed by atoms with van der Waals surface area (Å²) in [6.07, 6.45) is 1.74. The highest BCUT2D eigenvalue weighted by Crippen LogP contribution is 2.39. The second-order valence-corrected chi connectivity index (χ2v) is 5.45. The standard InChI is InChI=1S/C13H9BrClNO3/c14-9-1-2-12(17)16(6-9)5-8-3-10(15)13-11(4-8)18-7-19-13/h1-4,6H,5,7H2. The van der Waals surface area contributed by atoms with Gasteiger partial charge in [0.05, 0.1) is 11.6 Å². The molecule has 1 aliphatic heterocycles. The predicted octanol–water partition coefficient (Wildman–Crippen LogP) is 3.04. The van der Waals surface area contributed by atoms with Gasteiger partial charge >= 0.3 is 0 Å². The van der Waals surface area contributed by atoms with Crippen molar-refractivity contribution in [3.8, 4) is 11.5 Å². The molecule has 6 heteroatoms. The molecule has 19 heavy (non-hydrogen) atoms. The van der Waals surface area contributed by atoms with Gasteiger partial charge in [-0.05, 0) is 39.7 Å². The SMILES string of the molecule is O=c1ccc(Br)cn1Cc1cc(Cl)c2c(c1)OCO2.